The maximum Gasteiger partial charge on any atom is 0.151 e. The van der Waals surface area contributed by atoms with Crippen molar-refractivity contribution in [2.75, 3.05) is 4.03 Å². The van der Waals surface area contributed by atoms with Crippen molar-refractivity contribution in [1.82, 2.24) is 0 Å². The van der Waals surface area contributed by atoms with E-state index in [1.807, 2.05) is 0 Å². The predicted octanol–water partition coefficient (Wildman–Crippen LogP) is 2.55. The first-order valence-electron chi connectivity index (χ1n) is 3.08. The minimum Gasteiger partial charge on any atom is -0.242 e. The molecule has 0 fully saturated rings. The fraction of sp³-hybridized carbons (Fsp3) is 0.143. The van der Waals surface area contributed by atoms with Crippen molar-refractivity contribution in [2.24, 2.45) is 5.84 Å². The Hall–Kier alpha value is -0.320. The molecule has 5 heteroatoms. The number of hydrogen-bond acceptors (Lipinski definition) is 2. The lowest BCUT2D eigenvalue weighted by Gasteiger charge is -2.10. The van der Waals surface area contributed by atoms with Crippen LogP contribution in [0.1, 0.15) is 5.56 Å². The van der Waals surface area contributed by atoms with Gasteiger partial charge in [0.25, 0.3) is 0 Å². The van der Waals surface area contributed by atoms with Gasteiger partial charge in [-0.1, -0.05) is 12.1 Å². The van der Waals surface area contributed by atoms with Crippen LogP contribution in [0.5, 0.6) is 0 Å². The Morgan fingerprint density at radius 3 is 2.50 bits per heavy atom. The normalized spacial score (nSPS) is 9.00. The summed E-state index contributed by atoms with van der Waals surface area (Å²) in [7, 11) is 0. The van der Waals surface area contributed by atoms with Crippen LogP contribution in [-0.2, 0) is 0 Å². The highest BCUT2D eigenvalue weighted by atomic mass is 79.9. The Bertz CT molecular complexity index is 268. The van der Waals surface area contributed by atoms with E-state index < -0.39 is 0 Å². The van der Waals surface area contributed by atoms with Gasteiger partial charge in [0.15, 0.2) is 5.82 Å². The van der Waals surface area contributed by atoms with Gasteiger partial charge in [0.05, 0.1) is 16.1 Å². The molecule has 0 aliphatic heterocycles. The van der Waals surface area contributed by atoms with Gasteiger partial charge in [-0.25, -0.2) is 14.3 Å². The third-order valence-electron chi connectivity index (χ3n) is 1.40. The van der Waals surface area contributed by atoms with Crippen LogP contribution in [0.3, 0.4) is 0 Å². The SMILES string of the molecule is Cc1cccc(N(N)Br)c1F.Cl. The first kappa shape index (κ1) is 11.7. The van der Waals surface area contributed by atoms with Gasteiger partial charge in [-0.15, -0.1) is 12.4 Å². The molecule has 1 aromatic rings. The van der Waals surface area contributed by atoms with E-state index in [-0.39, 0.29) is 18.2 Å². The average molecular weight is 256 g/mol. The van der Waals surface area contributed by atoms with Crippen LogP contribution in [0.25, 0.3) is 0 Å². The molecule has 0 saturated carbocycles. The number of hydrogen-bond donors (Lipinski definition) is 1. The van der Waals surface area contributed by atoms with Crippen LogP contribution in [0, 0.1) is 12.7 Å². The number of anilines is 1. The summed E-state index contributed by atoms with van der Waals surface area (Å²) >= 11 is 2.94. The van der Waals surface area contributed by atoms with Crippen molar-refractivity contribution >= 4 is 34.2 Å². The predicted molar refractivity (Wildman–Crippen MR) is 54.0 cm³/mol. The Morgan fingerprint density at radius 1 is 1.50 bits per heavy atom. The van der Waals surface area contributed by atoms with E-state index >= 15 is 0 Å². The number of rotatable bonds is 1. The summed E-state index contributed by atoms with van der Waals surface area (Å²) in [4.78, 5) is 0. The van der Waals surface area contributed by atoms with Crippen molar-refractivity contribution < 1.29 is 4.39 Å². The second kappa shape index (κ2) is 4.64. The zero-order chi connectivity index (χ0) is 8.43. The van der Waals surface area contributed by atoms with E-state index in [2.05, 4.69) is 16.1 Å². The van der Waals surface area contributed by atoms with E-state index in [9.17, 15) is 4.39 Å². The molecule has 0 bridgehead atoms. The summed E-state index contributed by atoms with van der Waals surface area (Å²) in [5, 5.41) is 0. The Kier molecular flexibility index (Phi) is 4.52. The number of nitrogens with two attached hydrogens (primary N) is 1. The van der Waals surface area contributed by atoms with Crippen molar-refractivity contribution in [3.63, 3.8) is 0 Å². The molecule has 68 valence electrons. The number of hydrazine groups is 1. The van der Waals surface area contributed by atoms with Gasteiger partial charge in [0.1, 0.15) is 5.69 Å². The molecular formula is C7H9BrClFN2. The van der Waals surface area contributed by atoms with Gasteiger partial charge in [0, 0.05) is 0 Å². The lowest BCUT2D eigenvalue weighted by molar-refractivity contribution is 0.619. The highest BCUT2D eigenvalue weighted by Gasteiger charge is 2.06. The van der Waals surface area contributed by atoms with E-state index in [1.165, 1.54) is 0 Å². The zero-order valence-corrected chi connectivity index (χ0v) is 8.82. The quantitative estimate of drug-likeness (QED) is 0.475. The zero-order valence-electron chi connectivity index (χ0n) is 6.42. The van der Waals surface area contributed by atoms with Crippen molar-refractivity contribution in [3.05, 3.63) is 29.6 Å². The van der Waals surface area contributed by atoms with Gasteiger partial charge in [-0.05, 0) is 18.6 Å². The highest BCUT2D eigenvalue weighted by molar-refractivity contribution is 9.10. The maximum atomic E-state index is 13.1. The topological polar surface area (TPSA) is 29.3 Å². The molecule has 0 spiro atoms. The van der Waals surface area contributed by atoms with Gasteiger partial charge < -0.3 is 0 Å². The van der Waals surface area contributed by atoms with E-state index in [4.69, 9.17) is 5.84 Å². The summed E-state index contributed by atoms with van der Waals surface area (Å²) < 4.78 is 14.2. The molecule has 2 nitrogen and oxygen atoms in total. The minimum absolute atomic E-state index is 0. The fourth-order valence-corrected chi connectivity index (χ4v) is 1.07. The van der Waals surface area contributed by atoms with Crippen LogP contribution in [0.2, 0.25) is 0 Å². The van der Waals surface area contributed by atoms with Crippen LogP contribution >= 0.6 is 28.6 Å². The van der Waals surface area contributed by atoms with Crippen LogP contribution in [-0.4, -0.2) is 0 Å². The van der Waals surface area contributed by atoms with Crippen molar-refractivity contribution in [1.29, 1.82) is 0 Å². The van der Waals surface area contributed by atoms with Crippen LogP contribution in [0.15, 0.2) is 18.2 Å². The van der Waals surface area contributed by atoms with Gasteiger partial charge in [-0.3, -0.25) is 0 Å². The Labute approximate surface area is 85.3 Å². The third-order valence-corrected chi connectivity index (χ3v) is 1.78. The molecule has 0 saturated heterocycles. The fourth-order valence-electron chi connectivity index (χ4n) is 0.797. The minimum atomic E-state index is -0.299. The molecule has 0 unspecified atom stereocenters. The van der Waals surface area contributed by atoms with Crippen molar-refractivity contribution in [3.8, 4) is 0 Å². The molecule has 0 amide bonds. The molecule has 0 radical (unpaired) electrons. The summed E-state index contributed by atoms with van der Waals surface area (Å²) in [6.07, 6.45) is 0. The van der Waals surface area contributed by atoms with Crippen LogP contribution < -0.4 is 9.88 Å². The monoisotopic (exact) mass is 254 g/mol. The summed E-state index contributed by atoms with van der Waals surface area (Å²) in [6.45, 7) is 1.69. The molecular weight excluding hydrogens is 246 g/mol. The lowest BCUT2D eigenvalue weighted by atomic mass is 10.2. The first-order chi connectivity index (χ1) is 5.13. The number of benzene rings is 1. The number of aryl methyl sites for hydroxylation is 1. The summed E-state index contributed by atoms with van der Waals surface area (Å²) in [5.74, 6) is 4.99. The highest BCUT2D eigenvalue weighted by Crippen LogP contribution is 2.21. The molecule has 0 atom stereocenters. The van der Waals surface area contributed by atoms with E-state index in [1.54, 1.807) is 25.1 Å². The van der Waals surface area contributed by atoms with Gasteiger partial charge in [-0.2, -0.15) is 0 Å². The molecule has 0 aliphatic carbocycles. The third kappa shape index (κ3) is 2.33. The maximum absolute atomic E-state index is 13.1. The Morgan fingerprint density at radius 2 is 2.08 bits per heavy atom. The average Bonchev–Trinajstić information content (AvgIpc) is 1.94. The Balaban J connectivity index is 0.00000121. The molecule has 12 heavy (non-hydrogen) atoms. The molecule has 2 N–H and O–H groups in total. The standard InChI is InChI=1S/C7H8BrFN2.ClH/c1-5-3-2-4-6(7(5)9)11(8)10;/h2-4H,10H2,1H3;1H. The van der Waals surface area contributed by atoms with Crippen molar-refractivity contribution in [2.45, 2.75) is 6.92 Å². The number of nitrogens with zero attached hydrogens (tertiary/aromatic N) is 1. The molecule has 1 aromatic carbocycles. The molecule has 0 heterocycles. The molecule has 0 aromatic heterocycles. The molecule has 1 rings (SSSR count). The van der Waals surface area contributed by atoms with Gasteiger partial charge in [0.2, 0.25) is 0 Å². The summed E-state index contributed by atoms with van der Waals surface area (Å²) in [5.41, 5.74) is 0.919. The smallest absolute Gasteiger partial charge is 0.151 e. The first-order valence-corrected chi connectivity index (χ1v) is 3.79. The van der Waals surface area contributed by atoms with Gasteiger partial charge >= 0.3 is 0 Å². The summed E-state index contributed by atoms with van der Waals surface area (Å²) in [6, 6.07) is 5.03. The van der Waals surface area contributed by atoms with E-state index in [0.29, 0.717) is 11.3 Å². The second-order valence-corrected chi connectivity index (χ2v) is 2.98. The van der Waals surface area contributed by atoms with Crippen LogP contribution in [0.4, 0.5) is 10.1 Å². The molecule has 0 aliphatic rings. The largest absolute Gasteiger partial charge is 0.242 e. The second-order valence-electron chi connectivity index (χ2n) is 2.22. The van der Waals surface area contributed by atoms with E-state index in [0.717, 1.165) is 4.03 Å². The number of halogens is 3. The lowest BCUT2D eigenvalue weighted by Crippen LogP contribution is -2.19.